The van der Waals surface area contributed by atoms with Crippen molar-refractivity contribution in [1.82, 2.24) is 9.55 Å². The van der Waals surface area contributed by atoms with Crippen LogP contribution in [-0.4, -0.2) is 39.9 Å². The molecule has 1 aromatic heterocycles. The standard InChI is InChI=1S/C22H17N3O4/c26-21(27)14-10-24-13-23-9-20(24)25(11-14)22(28)29-12-19-17-7-3-1-5-15(17)16-6-2-4-8-18(16)19/h1-10,13,19H,11-12H2,(H,26,27). The van der Waals surface area contributed by atoms with Gasteiger partial charge in [0, 0.05) is 12.1 Å². The van der Waals surface area contributed by atoms with Crippen LogP contribution >= 0.6 is 0 Å². The first-order valence-corrected chi connectivity index (χ1v) is 9.22. The molecule has 0 atom stereocenters. The fourth-order valence-electron chi connectivity index (χ4n) is 4.02. The van der Waals surface area contributed by atoms with E-state index in [-0.39, 0.29) is 24.6 Å². The summed E-state index contributed by atoms with van der Waals surface area (Å²) in [5.41, 5.74) is 4.63. The molecule has 2 heterocycles. The minimum absolute atomic E-state index is 0.0597. The number of aliphatic carboxylic acids is 1. The van der Waals surface area contributed by atoms with E-state index in [1.165, 1.54) is 28.2 Å². The Morgan fingerprint density at radius 1 is 1.07 bits per heavy atom. The van der Waals surface area contributed by atoms with Crippen LogP contribution in [0.15, 0.2) is 66.6 Å². The molecule has 3 aromatic rings. The first-order valence-electron chi connectivity index (χ1n) is 9.22. The van der Waals surface area contributed by atoms with Crippen LogP contribution < -0.4 is 4.90 Å². The lowest BCUT2D eigenvalue weighted by Crippen LogP contribution is -2.38. The van der Waals surface area contributed by atoms with Crippen LogP contribution in [0, 0.1) is 0 Å². The highest BCUT2D eigenvalue weighted by Crippen LogP contribution is 2.44. The summed E-state index contributed by atoms with van der Waals surface area (Å²) in [5.74, 6) is -0.663. The molecule has 1 N–H and O–H groups in total. The van der Waals surface area contributed by atoms with Gasteiger partial charge < -0.3 is 9.84 Å². The predicted octanol–water partition coefficient (Wildman–Crippen LogP) is 3.58. The molecule has 0 bridgehead atoms. The van der Waals surface area contributed by atoms with Crippen LogP contribution in [0.25, 0.3) is 17.3 Å². The highest BCUT2D eigenvalue weighted by Gasteiger charge is 2.32. The van der Waals surface area contributed by atoms with E-state index in [0.717, 1.165) is 22.3 Å². The topological polar surface area (TPSA) is 84.7 Å². The number of aromatic nitrogens is 2. The van der Waals surface area contributed by atoms with Crippen LogP contribution in [0.5, 0.6) is 0 Å². The summed E-state index contributed by atoms with van der Waals surface area (Å²) < 4.78 is 7.17. The van der Waals surface area contributed by atoms with E-state index in [1.54, 1.807) is 0 Å². The largest absolute Gasteiger partial charge is 0.478 e. The van der Waals surface area contributed by atoms with E-state index in [1.807, 2.05) is 24.3 Å². The van der Waals surface area contributed by atoms with Crippen molar-refractivity contribution in [2.45, 2.75) is 5.92 Å². The van der Waals surface area contributed by atoms with Gasteiger partial charge >= 0.3 is 12.1 Å². The number of imidazole rings is 1. The molecule has 0 fully saturated rings. The van der Waals surface area contributed by atoms with Crippen molar-refractivity contribution in [3.63, 3.8) is 0 Å². The molecular formula is C22H17N3O4. The molecule has 2 aromatic carbocycles. The highest BCUT2D eigenvalue weighted by atomic mass is 16.6. The lowest BCUT2D eigenvalue weighted by Gasteiger charge is -2.26. The number of hydrogen-bond acceptors (Lipinski definition) is 4. The van der Waals surface area contributed by atoms with Gasteiger partial charge in [-0.3, -0.25) is 9.47 Å². The van der Waals surface area contributed by atoms with E-state index in [2.05, 4.69) is 29.2 Å². The first kappa shape index (κ1) is 17.2. The molecule has 0 saturated heterocycles. The number of benzene rings is 2. The van der Waals surface area contributed by atoms with E-state index >= 15 is 0 Å². The van der Waals surface area contributed by atoms with Crippen molar-refractivity contribution in [3.8, 4) is 11.1 Å². The Morgan fingerprint density at radius 2 is 1.72 bits per heavy atom. The van der Waals surface area contributed by atoms with E-state index < -0.39 is 12.1 Å². The van der Waals surface area contributed by atoms with Gasteiger partial charge in [0.25, 0.3) is 0 Å². The summed E-state index contributed by atoms with van der Waals surface area (Å²) in [5, 5.41) is 9.34. The zero-order valence-electron chi connectivity index (χ0n) is 15.4. The van der Waals surface area contributed by atoms with Gasteiger partial charge in [-0.1, -0.05) is 48.5 Å². The normalized spacial score (nSPS) is 14.6. The maximum Gasteiger partial charge on any atom is 0.415 e. The van der Waals surface area contributed by atoms with Gasteiger partial charge in [-0.25, -0.2) is 14.6 Å². The molecule has 2 aliphatic rings. The molecule has 7 nitrogen and oxygen atoms in total. The second kappa shape index (κ2) is 6.63. The molecule has 0 spiro atoms. The molecular weight excluding hydrogens is 370 g/mol. The number of ether oxygens (including phenoxy) is 1. The third-order valence-corrected chi connectivity index (χ3v) is 5.38. The van der Waals surface area contributed by atoms with Crippen molar-refractivity contribution in [1.29, 1.82) is 0 Å². The number of carbonyl (C=O) groups is 2. The van der Waals surface area contributed by atoms with Gasteiger partial charge in [0.05, 0.1) is 18.3 Å². The first-order chi connectivity index (χ1) is 14.1. The number of carboxylic acids is 1. The van der Waals surface area contributed by atoms with Crippen LogP contribution in [0.3, 0.4) is 0 Å². The minimum Gasteiger partial charge on any atom is -0.478 e. The summed E-state index contributed by atoms with van der Waals surface area (Å²) in [6, 6.07) is 16.2. The van der Waals surface area contributed by atoms with Gasteiger partial charge in [0.2, 0.25) is 0 Å². The number of carbonyl (C=O) groups excluding carboxylic acids is 1. The zero-order chi connectivity index (χ0) is 20.0. The number of carboxylic acid groups (broad SMARTS) is 1. The quantitative estimate of drug-likeness (QED) is 0.743. The number of amides is 1. The highest BCUT2D eigenvalue weighted by molar-refractivity contribution is 5.97. The Labute approximate surface area is 166 Å². The molecule has 144 valence electrons. The van der Waals surface area contributed by atoms with Gasteiger partial charge in [0.1, 0.15) is 18.8 Å². The van der Waals surface area contributed by atoms with Gasteiger partial charge in [-0.05, 0) is 22.3 Å². The molecule has 0 saturated carbocycles. The summed E-state index contributed by atoms with van der Waals surface area (Å²) in [7, 11) is 0. The maximum atomic E-state index is 12.9. The van der Waals surface area contributed by atoms with Crippen LogP contribution in [0.1, 0.15) is 17.0 Å². The Hall–Kier alpha value is -3.87. The molecule has 0 radical (unpaired) electrons. The van der Waals surface area contributed by atoms with Crippen LogP contribution in [0.2, 0.25) is 0 Å². The molecule has 1 amide bonds. The SMILES string of the molecule is O=C(O)C1=Cn2cncc2N(C(=O)OCC2c3ccccc3-c3ccccc32)C1. The lowest BCUT2D eigenvalue weighted by molar-refractivity contribution is -0.132. The van der Waals surface area contributed by atoms with Crippen molar-refractivity contribution >= 4 is 24.1 Å². The fraction of sp³-hybridized carbons (Fsp3) is 0.136. The van der Waals surface area contributed by atoms with E-state index in [4.69, 9.17) is 4.74 Å². The van der Waals surface area contributed by atoms with Crippen LogP contribution in [0.4, 0.5) is 10.6 Å². The number of hydrogen-bond donors (Lipinski definition) is 1. The van der Waals surface area contributed by atoms with Crippen molar-refractivity contribution in [3.05, 3.63) is 77.8 Å². The molecule has 29 heavy (non-hydrogen) atoms. The summed E-state index contributed by atoms with van der Waals surface area (Å²) in [6.45, 7) is 0.0985. The second-order valence-electron chi connectivity index (χ2n) is 7.01. The summed E-state index contributed by atoms with van der Waals surface area (Å²) in [6.07, 6.45) is 3.83. The Kier molecular flexibility index (Phi) is 3.94. The van der Waals surface area contributed by atoms with Crippen LogP contribution in [-0.2, 0) is 9.53 Å². The van der Waals surface area contributed by atoms with Crippen molar-refractivity contribution < 1.29 is 19.4 Å². The number of nitrogens with zero attached hydrogens (tertiary/aromatic N) is 3. The monoisotopic (exact) mass is 387 g/mol. The third kappa shape index (κ3) is 2.79. The average Bonchev–Trinajstić information content (AvgIpc) is 3.34. The number of rotatable bonds is 3. The lowest BCUT2D eigenvalue weighted by atomic mass is 9.98. The van der Waals surface area contributed by atoms with E-state index in [9.17, 15) is 14.7 Å². The minimum atomic E-state index is -1.08. The van der Waals surface area contributed by atoms with Gasteiger partial charge in [-0.15, -0.1) is 0 Å². The number of fused-ring (bicyclic) bond motifs is 4. The summed E-state index contributed by atoms with van der Waals surface area (Å²) in [4.78, 5) is 29.6. The Bertz CT molecular complexity index is 1120. The van der Waals surface area contributed by atoms with Gasteiger partial charge in [0.15, 0.2) is 0 Å². The van der Waals surface area contributed by atoms with E-state index in [0.29, 0.717) is 5.82 Å². The molecule has 1 aliphatic carbocycles. The van der Waals surface area contributed by atoms with Gasteiger partial charge in [-0.2, -0.15) is 0 Å². The average molecular weight is 387 g/mol. The maximum absolute atomic E-state index is 12.9. The number of anilines is 1. The molecule has 5 rings (SSSR count). The smallest absolute Gasteiger partial charge is 0.415 e. The third-order valence-electron chi connectivity index (χ3n) is 5.38. The second-order valence-corrected chi connectivity index (χ2v) is 7.01. The van der Waals surface area contributed by atoms with Crippen molar-refractivity contribution in [2.24, 2.45) is 0 Å². The Morgan fingerprint density at radius 3 is 2.38 bits per heavy atom. The molecule has 0 unspecified atom stereocenters. The Balaban J connectivity index is 1.39. The molecule has 7 heteroatoms. The summed E-state index contributed by atoms with van der Waals surface area (Å²) >= 11 is 0. The predicted molar refractivity (Wildman–Crippen MR) is 107 cm³/mol. The zero-order valence-corrected chi connectivity index (χ0v) is 15.4. The van der Waals surface area contributed by atoms with Crippen molar-refractivity contribution in [2.75, 3.05) is 18.1 Å². The molecule has 1 aliphatic heterocycles. The fourth-order valence-corrected chi connectivity index (χ4v) is 4.02.